The first-order valence-electron chi connectivity index (χ1n) is 9.22. The number of rotatable bonds is 7. The Bertz CT molecular complexity index is 863. The largest absolute Gasteiger partial charge is 0.484 e. The van der Waals surface area contributed by atoms with E-state index in [9.17, 15) is 13.2 Å². The quantitative estimate of drug-likeness (QED) is 0.733. The zero-order valence-corrected chi connectivity index (χ0v) is 16.3. The zero-order valence-electron chi connectivity index (χ0n) is 15.5. The van der Waals surface area contributed by atoms with Crippen molar-refractivity contribution in [2.75, 3.05) is 18.1 Å². The molecule has 0 aromatic heterocycles. The number of amides is 1. The molecular formula is C21H25NO4S. The lowest BCUT2D eigenvalue weighted by molar-refractivity contribution is -0.136. The summed E-state index contributed by atoms with van der Waals surface area (Å²) in [5.41, 5.74) is 2.22. The van der Waals surface area contributed by atoms with Gasteiger partial charge in [-0.15, -0.1) is 0 Å². The van der Waals surface area contributed by atoms with Gasteiger partial charge in [0.05, 0.1) is 11.5 Å². The van der Waals surface area contributed by atoms with Crippen LogP contribution in [0.25, 0.3) is 0 Å². The molecule has 3 rings (SSSR count). The molecule has 5 nitrogen and oxygen atoms in total. The molecule has 1 saturated heterocycles. The van der Waals surface area contributed by atoms with E-state index in [1.54, 1.807) is 17.0 Å². The lowest BCUT2D eigenvalue weighted by Gasteiger charge is -2.28. The van der Waals surface area contributed by atoms with Crippen molar-refractivity contribution in [2.45, 2.75) is 32.4 Å². The summed E-state index contributed by atoms with van der Waals surface area (Å²) in [6, 6.07) is 16.9. The molecule has 0 radical (unpaired) electrons. The van der Waals surface area contributed by atoms with E-state index in [0.717, 1.165) is 12.0 Å². The monoisotopic (exact) mass is 387 g/mol. The zero-order chi connectivity index (χ0) is 19.3. The van der Waals surface area contributed by atoms with Crippen LogP contribution < -0.4 is 4.74 Å². The summed E-state index contributed by atoms with van der Waals surface area (Å²) in [5.74, 6) is 0.588. The van der Waals surface area contributed by atoms with Crippen LogP contribution in [0.15, 0.2) is 54.6 Å². The van der Waals surface area contributed by atoms with Gasteiger partial charge in [0.2, 0.25) is 0 Å². The van der Waals surface area contributed by atoms with E-state index >= 15 is 0 Å². The highest BCUT2D eigenvalue weighted by Gasteiger charge is 2.34. The minimum atomic E-state index is -3.08. The molecule has 1 amide bonds. The van der Waals surface area contributed by atoms with Gasteiger partial charge < -0.3 is 9.64 Å². The first kappa shape index (κ1) is 19.4. The molecule has 0 N–H and O–H groups in total. The lowest BCUT2D eigenvalue weighted by Crippen LogP contribution is -2.43. The van der Waals surface area contributed by atoms with Gasteiger partial charge in [-0.25, -0.2) is 8.42 Å². The molecule has 27 heavy (non-hydrogen) atoms. The predicted molar refractivity (Wildman–Crippen MR) is 105 cm³/mol. The second-order valence-electron chi connectivity index (χ2n) is 6.85. The van der Waals surface area contributed by atoms with Gasteiger partial charge in [-0.3, -0.25) is 4.79 Å². The van der Waals surface area contributed by atoms with Gasteiger partial charge in [-0.2, -0.15) is 0 Å². The van der Waals surface area contributed by atoms with Gasteiger partial charge in [0.1, 0.15) is 5.75 Å². The molecule has 1 fully saturated rings. The SMILES string of the molecule is CCc1ccc(CN(C(=O)COc2ccccc2)[C@@H]2CCS(=O)(=O)C2)cc1. The standard InChI is InChI=1S/C21H25NO4S/c1-2-17-8-10-18(11-9-17)14-22(19-12-13-27(24,25)16-19)21(23)15-26-20-6-4-3-5-7-20/h3-11,19H,2,12-16H2,1H3/t19-/m1/s1. The number of carbonyl (C=O) groups excluding carboxylic acids is 1. The molecule has 2 aromatic carbocycles. The summed E-state index contributed by atoms with van der Waals surface area (Å²) >= 11 is 0. The van der Waals surface area contributed by atoms with Crippen LogP contribution >= 0.6 is 0 Å². The molecule has 0 unspecified atom stereocenters. The molecular weight excluding hydrogens is 362 g/mol. The fourth-order valence-electron chi connectivity index (χ4n) is 3.26. The number of ether oxygens (including phenoxy) is 1. The third kappa shape index (κ3) is 5.32. The Morgan fingerprint density at radius 2 is 1.74 bits per heavy atom. The van der Waals surface area contributed by atoms with E-state index in [-0.39, 0.29) is 30.1 Å². The Kier molecular flexibility index (Phi) is 6.16. The molecule has 1 atom stereocenters. The van der Waals surface area contributed by atoms with Crippen LogP contribution in [0.3, 0.4) is 0 Å². The van der Waals surface area contributed by atoms with Crippen LogP contribution in [0.5, 0.6) is 5.75 Å². The van der Waals surface area contributed by atoms with Gasteiger partial charge in [0.15, 0.2) is 16.4 Å². The Balaban J connectivity index is 1.73. The third-order valence-electron chi connectivity index (χ3n) is 4.86. The summed E-state index contributed by atoms with van der Waals surface area (Å²) in [6.07, 6.45) is 1.43. The minimum Gasteiger partial charge on any atom is -0.484 e. The molecule has 0 bridgehead atoms. The summed E-state index contributed by atoms with van der Waals surface area (Å²) in [7, 11) is -3.08. The summed E-state index contributed by atoms with van der Waals surface area (Å²) < 4.78 is 29.4. The maximum atomic E-state index is 12.8. The Morgan fingerprint density at radius 1 is 1.07 bits per heavy atom. The van der Waals surface area contributed by atoms with Crippen molar-refractivity contribution in [3.8, 4) is 5.75 Å². The number of benzene rings is 2. The molecule has 1 aliphatic rings. The topological polar surface area (TPSA) is 63.7 Å². The summed E-state index contributed by atoms with van der Waals surface area (Å²) in [4.78, 5) is 14.5. The summed E-state index contributed by atoms with van der Waals surface area (Å²) in [6.45, 7) is 2.38. The molecule has 1 heterocycles. The Morgan fingerprint density at radius 3 is 2.33 bits per heavy atom. The van der Waals surface area contributed by atoms with Crippen LogP contribution in [0.4, 0.5) is 0 Å². The normalized spacial score (nSPS) is 18.2. The van der Waals surface area contributed by atoms with Crippen LogP contribution in [0.2, 0.25) is 0 Å². The van der Waals surface area contributed by atoms with Gasteiger partial charge in [-0.1, -0.05) is 49.4 Å². The molecule has 144 valence electrons. The molecule has 1 aliphatic heterocycles. The van der Waals surface area contributed by atoms with Crippen molar-refractivity contribution in [2.24, 2.45) is 0 Å². The first-order chi connectivity index (χ1) is 13.0. The Labute approximate surface area is 160 Å². The number of para-hydroxylation sites is 1. The van der Waals surface area contributed by atoms with E-state index in [0.29, 0.717) is 18.7 Å². The van der Waals surface area contributed by atoms with Crippen molar-refractivity contribution in [3.05, 3.63) is 65.7 Å². The maximum absolute atomic E-state index is 12.8. The van der Waals surface area contributed by atoms with E-state index in [4.69, 9.17) is 4.74 Å². The molecule has 2 aromatic rings. The number of nitrogens with zero attached hydrogens (tertiary/aromatic N) is 1. The van der Waals surface area contributed by atoms with Crippen molar-refractivity contribution in [1.29, 1.82) is 0 Å². The number of hydrogen-bond acceptors (Lipinski definition) is 4. The number of aryl methyl sites for hydroxylation is 1. The third-order valence-corrected chi connectivity index (χ3v) is 6.61. The smallest absolute Gasteiger partial charge is 0.261 e. The van der Waals surface area contributed by atoms with E-state index in [1.807, 2.05) is 42.5 Å². The molecule has 6 heteroatoms. The van der Waals surface area contributed by atoms with Crippen molar-refractivity contribution in [3.63, 3.8) is 0 Å². The van der Waals surface area contributed by atoms with Crippen molar-refractivity contribution in [1.82, 2.24) is 4.90 Å². The van der Waals surface area contributed by atoms with E-state index in [1.165, 1.54) is 5.56 Å². The minimum absolute atomic E-state index is 0.0249. The number of carbonyl (C=O) groups is 1. The molecule has 0 aliphatic carbocycles. The van der Waals surface area contributed by atoms with E-state index < -0.39 is 9.84 Å². The van der Waals surface area contributed by atoms with Crippen molar-refractivity contribution < 1.29 is 17.9 Å². The first-order valence-corrected chi connectivity index (χ1v) is 11.0. The maximum Gasteiger partial charge on any atom is 0.261 e. The molecule has 0 saturated carbocycles. The predicted octanol–water partition coefficient (Wildman–Crippen LogP) is 2.84. The number of hydrogen-bond donors (Lipinski definition) is 0. The second kappa shape index (κ2) is 8.57. The highest BCUT2D eigenvalue weighted by atomic mass is 32.2. The van der Waals surface area contributed by atoms with Crippen LogP contribution in [-0.4, -0.2) is 43.4 Å². The van der Waals surface area contributed by atoms with Gasteiger partial charge in [0, 0.05) is 12.6 Å². The van der Waals surface area contributed by atoms with Gasteiger partial charge in [0.25, 0.3) is 5.91 Å². The van der Waals surface area contributed by atoms with Gasteiger partial charge >= 0.3 is 0 Å². The fourth-order valence-corrected chi connectivity index (χ4v) is 4.99. The average Bonchev–Trinajstić information content (AvgIpc) is 3.05. The highest BCUT2D eigenvalue weighted by molar-refractivity contribution is 7.91. The van der Waals surface area contributed by atoms with Crippen LogP contribution in [0.1, 0.15) is 24.5 Å². The lowest BCUT2D eigenvalue weighted by atomic mass is 10.1. The number of sulfone groups is 1. The Hall–Kier alpha value is -2.34. The summed E-state index contributed by atoms with van der Waals surface area (Å²) in [5, 5.41) is 0. The van der Waals surface area contributed by atoms with E-state index in [2.05, 4.69) is 6.92 Å². The second-order valence-corrected chi connectivity index (χ2v) is 9.08. The fraction of sp³-hybridized carbons (Fsp3) is 0.381. The van der Waals surface area contributed by atoms with Crippen LogP contribution in [-0.2, 0) is 27.6 Å². The average molecular weight is 388 g/mol. The van der Waals surface area contributed by atoms with Crippen LogP contribution in [0, 0.1) is 0 Å². The van der Waals surface area contributed by atoms with Crippen molar-refractivity contribution >= 4 is 15.7 Å². The highest BCUT2D eigenvalue weighted by Crippen LogP contribution is 2.21. The molecule has 0 spiro atoms. The van der Waals surface area contributed by atoms with Gasteiger partial charge in [-0.05, 0) is 36.1 Å².